The van der Waals surface area contributed by atoms with Crippen LogP contribution in [0.2, 0.25) is 0 Å². The maximum absolute atomic E-state index is 13.6. The van der Waals surface area contributed by atoms with Crippen molar-refractivity contribution in [3.8, 4) is 0 Å². The Morgan fingerprint density at radius 3 is 2.38 bits per heavy atom. The van der Waals surface area contributed by atoms with Gasteiger partial charge in [0.05, 0.1) is 17.8 Å². The summed E-state index contributed by atoms with van der Waals surface area (Å²) in [6.07, 6.45) is -1.86. The molecule has 0 atom stereocenters. The van der Waals surface area contributed by atoms with Crippen molar-refractivity contribution in [1.29, 1.82) is 0 Å². The molecule has 2 aliphatic rings. The van der Waals surface area contributed by atoms with E-state index in [1.165, 1.54) is 17.0 Å². The van der Waals surface area contributed by atoms with Gasteiger partial charge in [-0.05, 0) is 42.5 Å². The van der Waals surface area contributed by atoms with E-state index in [1.54, 1.807) is 29.3 Å². The van der Waals surface area contributed by atoms with E-state index in [0.717, 1.165) is 6.07 Å². The van der Waals surface area contributed by atoms with Crippen LogP contribution in [0.25, 0.3) is 0 Å². The number of carbonyl (C=O) groups is 2. The molecule has 0 saturated carbocycles. The number of halogens is 3. The second kappa shape index (κ2) is 9.37. The first-order chi connectivity index (χ1) is 16.1. The van der Waals surface area contributed by atoms with Crippen LogP contribution in [0, 0.1) is 5.92 Å². The summed E-state index contributed by atoms with van der Waals surface area (Å²) in [5.74, 6) is -0.0194. The topological polar surface area (TPSA) is 56.8 Å². The van der Waals surface area contributed by atoms with Crippen LogP contribution in [-0.2, 0) is 24.1 Å². The number of aromatic nitrogens is 1. The summed E-state index contributed by atoms with van der Waals surface area (Å²) in [4.78, 5) is 36.2. The molecular formula is C25H29F3N4O2. The second-order valence-electron chi connectivity index (χ2n) is 9.51. The monoisotopic (exact) mass is 474 g/mol. The highest BCUT2D eigenvalue weighted by molar-refractivity contribution is 6.07. The lowest BCUT2D eigenvalue weighted by molar-refractivity contribution is -0.138. The van der Waals surface area contributed by atoms with Gasteiger partial charge in [0.1, 0.15) is 5.54 Å². The molecule has 0 unspecified atom stereocenters. The van der Waals surface area contributed by atoms with Crippen molar-refractivity contribution < 1.29 is 22.8 Å². The molecule has 0 bridgehead atoms. The minimum Gasteiger partial charge on any atom is -0.309 e. The van der Waals surface area contributed by atoms with Gasteiger partial charge in [-0.2, -0.15) is 13.2 Å². The van der Waals surface area contributed by atoms with Crippen molar-refractivity contribution in [2.45, 2.75) is 51.5 Å². The fourth-order valence-electron chi connectivity index (χ4n) is 4.86. The van der Waals surface area contributed by atoms with E-state index < -0.39 is 17.3 Å². The highest BCUT2D eigenvalue weighted by Crippen LogP contribution is 2.39. The molecule has 2 aromatic rings. The van der Waals surface area contributed by atoms with Gasteiger partial charge in [0.15, 0.2) is 0 Å². The average Bonchev–Trinajstić information content (AvgIpc) is 2.97. The van der Waals surface area contributed by atoms with Crippen LogP contribution in [0.5, 0.6) is 0 Å². The van der Waals surface area contributed by atoms with Crippen LogP contribution < -0.4 is 0 Å². The predicted molar refractivity (Wildman–Crippen MR) is 120 cm³/mol. The zero-order chi connectivity index (χ0) is 24.5. The van der Waals surface area contributed by atoms with Crippen molar-refractivity contribution in [2.75, 3.05) is 19.6 Å². The summed E-state index contributed by atoms with van der Waals surface area (Å²) >= 11 is 0. The Hall–Kier alpha value is -2.94. The predicted octanol–water partition coefficient (Wildman–Crippen LogP) is 4.56. The van der Waals surface area contributed by atoms with Crippen LogP contribution in [0.4, 0.5) is 18.0 Å². The first-order valence-corrected chi connectivity index (χ1v) is 11.5. The first kappa shape index (κ1) is 24.2. The van der Waals surface area contributed by atoms with Crippen LogP contribution >= 0.6 is 0 Å². The van der Waals surface area contributed by atoms with Crippen LogP contribution in [0.3, 0.4) is 0 Å². The van der Waals surface area contributed by atoms with E-state index in [0.29, 0.717) is 50.3 Å². The molecule has 1 spiro atoms. The van der Waals surface area contributed by atoms with Crippen molar-refractivity contribution >= 4 is 11.9 Å². The Bertz CT molecular complexity index is 1030. The Morgan fingerprint density at radius 1 is 1.03 bits per heavy atom. The van der Waals surface area contributed by atoms with Crippen molar-refractivity contribution in [3.05, 3.63) is 65.5 Å². The molecule has 2 aliphatic heterocycles. The van der Waals surface area contributed by atoms with E-state index in [-0.39, 0.29) is 24.4 Å². The van der Waals surface area contributed by atoms with Gasteiger partial charge in [-0.15, -0.1) is 0 Å². The number of likely N-dealkylation sites (tertiary alicyclic amines) is 1. The van der Waals surface area contributed by atoms with Gasteiger partial charge in [-0.25, -0.2) is 4.79 Å². The molecule has 3 amide bonds. The number of pyridine rings is 1. The fourth-order valence-corrected chi connectivity index (χ4v) is 4.86. The number of amides is 3. The number of carbonyl (C=O) groups excluding carboxylic acids is 2. The van der Waals surface area contributed by atoms with Crippen molar-refractivity contribution in [1.82, 2.24) is 19.7 Å². The lowest BCUT2D eigenvalue weighted by Crippen LogP contribution is -2.57. The van der Waals surface area contributed by atoms with E-state index >= 15 is 0 Å². The lowest BCUT2D eigenvalue weighted by atomic mass is 9.85. The average molecular weight is 475 g/mol. The molecule has 6 nitrogen and oxygen atoms in total. The minimum absolute atomic E-state index is 0.128. The van der Waals surface area contributed by atoms with Crippen molar-refractivity contribution in [3.63, 3.8) is 0 Å². The quantitative estimate of drug-likeness (QED) is 0.577. The molecular weight excluding hydrogens is 445 g/mol. The molecule has 9 heteroatoms. The zero-order valence-electron chi connectivity index (χ0n) is 19.4. The number of benzene rings is 1. The Balaban J connectivity index is 1.50. The third-order valence-electron chi connectivity index (χ3n) is 6.56. The third-order valence-corrected chi connectivity index (χ3v) is 6.56. The molecule has 0 N–H and O–H groups in total. The summed E-state index contributed by atoms with van der Waals surface area (Å²) in [6.45, 7) is 6.01. The molecule has 1 aromatic heterocycles. The van der Waals surface area contributed by atoms with E-state index in [2.05, 4.69) is 4.98 Å². The number of piperidine rings is 1. The SMILES string of the molecule is CC(C)CN1C(=O)N(Cc2ccccn2)C(=O)C12CCN(Cc1cccc(C(F)(F)F)c1)CC2. The van der Waals surface area contributed by atoms with E-state index in [1.807, 2.05) is 24.8 Å². The number of hydrogen-bond acceptors (Lipinski definition) is 4. The smallest absolute Gasteiger partial charge is 0.309 e. The number of alkyl halides is 3. The largest absolute Gasteiger partial charge is 0.416 e. The molecule has 182 valence electrons. The van der Waals surface area contributed by atoms with E-state index in [9.17, 15) is 22.8 Å². The number of imide groups is 1. The van der Waals surface area contributed by atoms with E-state index in [4.69, 9.17) is 0 Å². The summed E-state index contributed by atoms with van der Waals surface area (Å²) in [7, 11) is 0. The summed E-state index contributed by atoms with van der Waals surface area (Å²) in [5, 5.41) is 0. The summed E-state index contributed by atoms with van der Waals surface area (Å²) < 4.78 is 39.2. The maximum Gasteiger partial charge on any atom is 0.416 e. The number of hydrogen-bond donors (Lipinski definition) is 0. The van der Waals surface area contributed by atoms with Crippen LogP contribution in [-0.4, -0.2) is 56.8 Å². The van der Waals surface area contributed by atoms with Gasteiger partial charge >= 0.3 is 12.2 Å². The maximum atomic E-state index is 13.6. The highest BCUT2D eigenvalue weighted by Gasteiger charge is 2.57. The third kappa shape index (κ3) is 4.80. The minimum atomic E-state index is -4.38. The highest BCUT2D eigenvalue weighted by atomic mass is 19.4. The Kier molecular flexibility index (Phi) is 6.66. The van der Waals surface area contributed by atoms with Gasteiger partial charge in [0.25, 0.3) is 5.91 Å². The molecule has 0 radical (unpaired) electrons. The lowest BCUT2D eigenvalue weighted by Gasteiger charge is -2.42. The van der Waals surface area contributed by atoms with Crippen LogP contribution in [0.1, 0.15) is 43.5 Å². The number of rotatable bonds is 6. The van der Waals surface area contributed by atoms with Crippen LogP contribution in [0.15, 0.2) is 48.7 Å². The van der Waals surface area contributed by atoms with Gasteiger partial charge in [0, 0.05) is 32.4 Å². The number of urea groups is 1. The Labute approximate surface area is 197 Å². The van der Waals surface area contributed by atoms with Gasteiger partial charge in [-0.1, -0.05) is 38.1 Å². The Morgan fingerprint density at radius 2 is 1.76 bits per heavy atom. The number of nitrogens with zero attached hydrogens (tertiary/aromatic N) is 4. The van der Waals surface area contributed by atoms with Gasteiger partial charge < -0.3 is 4.90 Å². The normalized spacial score (nSPS) is 19.0. The molecule has 34 heavy (non-hydrogen) atoms. The molecule has 1 aromatic carbocycles. The summed E-state index contributed by atoms with van der Waals surface area (Å²) in [5.41, 5.74) is -0.355. The van der Waals surface area contributed by atoms with Gasteiger partial charge in [-0.3, -0.25) is 19.6 Å². The molecule has 4 rings (SSSR count). The zero-order valence-corrected chi connectivity index (χ0v) is 19.4. The molecule has 0 aliphatic carbocycles. The molecule has 2 fully saturated rings. The van der Waals surface area contributed by atoms with Crippen molar-refractivity contribution in [2.24, 2.45) is 5.92 Å². The standard InChI is InChI=1S/C25H29F3N4O2/c1-18(2)15-32-23(34)31(17-21-8-3-4-11-29-21)22(33)24(32)9-12-30(13-10-24)16-19-6-5-7-20(14-19)25(26,27)28/h3-8,11,14,18H,9-10,12-13,15-17H2,1-2H3. The molecule has 2 saturated heterocycles. The fraction of sp³-hybridized carbons (Fsp3) is 0.480. The van der Waals surface area contributed by atoms with Gasteiger partial charge in [0.2, 0.25) is 0 Å². The first-order valence-electron chi connectivity index (χ1n) is 11.5. The summed E-state index contributed by atoms with van der Waals surface area (Å²) in [6, 6.07) is 10.4. The molecule has 3 heterocycles. The second-order valence-corrected chi connectivity index (χ2v) is 9.51.